The molecule has 1 saturated heterocycles. The van der Waals surface area contributed by atoms with Crippen LogP contribution in [-0.2, 0) is 21.4 Å². The van der Waals surface area contributed by atoms with E-state index in [0.29, 0.717) is 33.6 Å². The van der Waals surface area contributed by atoms with Gasteiger partial charge in [0.2, 0.25) is 5.91 Å². The Morgan fingerprint density at radius 3 is 2.74 bits per heavy atom. The first-order valence-corrected chi connectivity index (χ1v) is 11.6. The lowest BCUT2D eigenvalue weighted by molar-refractivity contribution is -0.126. The van der Waals surface area contributed by atoms with Crippen LogP contribution in [-0.4, -0.2) is 31.7 Å². The Bertz CT molecular complexity index is 944. The van der Waals surface area contributed by atoms with Gasteiger partial charge in [0.05, 0.1) is 5.92 Å². The Kier molecular flexibility index (Phi) is 6.48. The smallest absolute Gasteiger partial charge is 0.252 e. The van der Waals surface area contributed by atoms with Crippen molar-refractivity contribution in [3.63, 3.8) is 0 Å². The van der Waals surface area contributed by atoms with Crippen LogP contribution < -0.4 is 5.32 Å². The van der Waals surface area contributed by atoms with Crippen molar-refractivity contribution >= 4 is 50.5 Å². The van der Waals surface area contributed by atoms with Crippen LogP contribution in [0.3, 0.4) is 0 Å². The maximum absolute atomic E-state index is 12.8. The highest BCUT2D eigenvalue weighted by Crippen LogP contribution is 2.28. The molecule has 1 aliphatic heterocycles. The zero-order chi connectivity index (χ0) is 19.6. The summed E-state index contributed by atoms with van der Waals surface area (Å²) in [5.41, 5.74) is 0.767. The predicted octanol–water partition coefficient (Wildman–Crippen LogP) is 4.08. The average Bonchev–Trinajstić information content (AvgIpc) is 3.08. The maximum Gasteiger partial charge on any atom is 0.252 e. The van der Waals surface area contributed by atoms with E-state index >= 15 is 0 Å². The van der Waals surface area contributed by atoms with E-state index < -0.39 is 10.0 Å². The van der Waals surface area contributed by atoms with Crippen LogP contribution in [0.5, 0.6) is 0 Å². The number of piperidine rings is 1. The number of rotatable bonds is 5. The maximum atomic E-state index is 12.8. The molecule has 2 aromatic rings. The number of carbonyl (C=O) groups is 1. The quantitative estimate of drug-likeness (QED) is 0.751. The van der Waals surface area contributed by atoms with Gasteiger partial charge in [-0.1, -0.05) is 29.3 Å². The second-order valence-corrected chi connectivity index (χ2v) is 10.8. The average molecular weight is 447 g/mol. The molecule has 1 atom stereocenters. The second-order valence-electron chi connectivity index (χ2n) is 6.52. The SMILES string of the molecule is Cc1ccc(S(=O)(=O)N2CCCC(C(=O)NCc3ccc(Cl)cc3Cl)C2)s1. The lowest BCUT2D eigenvalue weighted by Crippen LogP contribution is -2.45. The Morgan fingerprint density at radius 1 is 1.30 bits per heavy atom. The van der Waals surface area contributed by atoms with E-state index in [1.54, 1.807) is 30.3 Å². The molecule has 1 aromatic carbocycles. The normalized spacial score (nSPS) is 18.4. The third-order valence-corrected chi connectivity index (χ3v) is 8.45. The van der Waals surface area contributed by atoms with Gasteiger partial charge in [-0.25, -0.2) is 8.42 Å². The lowest BCUT2D eigenvalue weighted by Gasteiger charge is -2.30. The van der Waals surface area contributed by atoms with Crippen LogP contribution in [0, 0.1) is 12.8 Å². The first kappa shape index (κ1) is 20.6. The van der Waals surface area contributed by atoms with Gasteiger partial charge in [-0.05, 0) is 49.6 Å². The highest BCUT2D eigenvalue weighted by Gasteiger charge is 2.33. The van der Waals surface area contributed by atoms with Crippen molar-refractivity contribution in [1.82, 2.24) is 9.62 Å². The summed E-state index contributed by atoms with van der Waals surface area (Å²) in [4.78, 5) is 13.5. The largest absolute Gasteiger partial charge is 0.352 e. The molecule has 0 bridgehead atoms. The minimum atomic E-state index is -3.55. The summed E-state index contributed by atoms with van der Waals surface area (Å²) in [7, 11) is -3.55. The first-order valence-electron chi connectivity index (χ1n) is 8.55. The molecule has 146 valence electrons. The van der Waals surface area contributed by atoms with Crippen molar-refractivity contribution in [3.8, 4) is 0 Å². The standard InChI is InChI=1S/C18H20Cl2N2O3S2/c1-12-4-7-17(26-12)27(24,25)22-8-2-3-14(11-22)18(23)21-10-13-5-6-15(19)9-16(13)20/h4-7,9,14H,2-3,8,10-11H2,1H3,(H,21,23). The summed E-state index contributed by atoms with van der Waals surface area (Å²) in [5.74, 6) is -0.538. The van der Waals surface area contributed by atoms with E-state index in [-0.39, 0.29) is 24.9 Å². The van der Waals surface area contributed by atoms with E-state index in [1.807, 2.05) is 6.92 Å². The van der Waals surface area contributed by atoms with Crippen molar-refractivity contribution in [2.75, 3.05) is 13.1 Å². The molecule has 1 aromatic heterocycles. The van der Waals surface area contributed by atoms with Crippen LogP contribution in [0.25, 0.3) is 0 Å². The number of hydrogen-bond acceptors (Lipinski definition) is 4. The lowest BCUT2D eigenvalue weighted by atomic mass is 9.99. The molecule has 1 fully saturated rings. The van der Waals surface area contributed by atoms with Gasteiger partial charge in [-0.2, -0.15) is 4.31 Å². The Hall–Kier alpha value is -1.12. The molecule has 2 heterocycles. The third-order valence-electron chi connectivity index (χ3n) is 4.53. The molecular weight excluding hydrogens is 427 g/mol. The summed E-state index contributed by atoms with van der Waals surface area (Å²) < 4.78 is 27.3. The summed E-state index contributed by atoms with van der Waals surface area (Å²) in [6.07, 6.45) is 1.32. The van der Waals surface area contributed by atoms with Crippen molar-refractivity contribution in [2.45, 2.75) is 30.5 Å². The zero-order valence-corrected chi connectivity index (χ0v) is 17.9. The molecule has 5 nitrogen and oxygen atoms in total. The Labute approximate surface area is 173 Å². The molecule has 1 unspecified atom stereocenters. The molecule has 0 radical (unpaired) electrons. The van der Waals surface area contributed by atoms with Crippen LogP contribution in [0.2, 0.25) is 10.0 Å². The number of thiophene rings is 1. The number of amides is 1. The first-order chi connectivity index (χ1) is 12.8. The fraction of sp³-hybridized carbons (Fsp3) is 0.389. The van der Waals surface area contributed by atoms with Crippen molar-refractivity contribution in [3.05, 3.63) is 50.8 Å². The van der Waals surface area contributed by atoms with E-state index in [1.165, 1.54) is 15.6 Å². The molecular formula is C18H20Cl2N2O3S2. The molecule has 1 aliphatic rings. The molecule has 3 rings (SSSR count). The number of benzene rings is 1. The summed E-state index contributed by atoms with van der Waals surface area (Å²) in [5, 5.41) is 3.88. The topological polar surface area (TPSA) is 66.5 Å². The number of sulfonamides is 1. The van der Waals surface area contributed by atoms with Crippen LogP contribution in [0.1, 0.15) is 23.3 Å². The molecule has 9 heteroatoms. The number of aryl methyl sites for hydroxylation is 1. The fourth-order valence-corrected chi connectivity index (χ4v) is 6.48. The van der Waals surface area contributed by atoms with E-state index in [9.17, 15) is 13.2 Å². The van der Waals surface area contributed by atoms with E-state index in [4.69, 9.17) is 23.2 Å². The van der Waals surface area contributed by atoms with Crippen molar-refractivity contribution in [1.29, 1.82) is 0 Å². The number of hydrogen-bond donors (Lipinski definition) is 1. The second kappa shape index (κ2) is 8.49. The molecule has 27 heavy (non-hydrogen) atoms. The summed E-state index contributed by atoms with van der Waals surface area (Å²) >= 11 is 13.3. The minimum absolute atomic E-state index is 0.164. The summed E-state index contributed by atoms with van der Waals surface area (Å²) in [6, 6.07) is 8.53. The molecule has 0 spiro atoms. The van der Waals surface area contributed by atoms with E-state index in [2.05, 4.69) is 5.32 Å². The van der Waals surface area contributed by atoms with E-state index in [0.717, 1.165) is 10.4 Å². The number of nitrogens with zero attached hydrogens (tertiary/aromatic N) is 1. The highest BCUT2D eigenvalue weighted by atomic mass is 35.5. The molecule has 1 N–H and O–H groups in total. The van der Waals surface area contributed by atoms with Gasteiger partial charge in [0.1, 0.15) is 4.21 Å². The Morgan fingerprint density at radius 2 is 2.07 bits per heavy atom. The van der Waals surface area contributed by atoms with Crippen LogP contribution in [0.15, 0.2) is 34.5 Å². The predicted molar refractivity (Wildman–Crippen MR) is 109 cm³/mol. The minimum Gasteiger partial charge on any atom is -0.352 e. The molecule has 1 amide bonds. The number of carbonyl (C=O) groups excluding carboxylic acids is 1. The van der Waals surface area contributed by atoms with Crippen molar-refractivity contribution < 1.29 is 13.2 Å². The fourth-order valence-electron chi connectivity index (χ4n) is 3.04. The number of halogens is 2. The van der Waals surface area contributed by atoms with Crippen molar-refractivity contribution in [2.24, 2.45) is 5.92 Å². The monoisotopic (exact) mass is 446 g/mol. The van der Waals surface area contributed by atoms with Gasteiger partial charge in [0.15, 0.2) is 0 Å². The molecule has 0 aliphatic carbocycles. The highest BCUT2D eigenvalue weighted by molar-refractivity contribution is 7.91. The Balaban J connectivity index is 1.64. The van der Waals surface area contributed by atoms with Crippen LogP contribution >= 0.6 is 34.5 Å². The number of nitrogens with one attached hydrogen (secondary N) is 1. The van der Waals surface area contributed by atoms with Gasteiger partial charge in [-0.15, -0.1) is 11.3 Å². The van der Waals surface area contributed by atoms with Gasteiger partial charge < -0.3 is 5.32 Å². The third kappa shape index (κ3) is 4.84. The summed E-state index contributed by atoms with van der Waals surface area (Å²) in [6.45, 7) is 2.78. The van der Waals surface area contributed by atoms with Crippen LogP contribution in [0.4, 0.5) is 0 Å². The van der Waals surface area contributed by atoms with Gasteiger partial charge in [0.25, 0.3) is 10.0 Å². The van der Waals surface area contributed by atoms with Gasteiger partial charge in [0, 0.05) is 34.6 Å². The van der Waals surface area contributed by atoms with Gasteiger partial charge in [-0.3, -0.25) is 4.79 Å². The van der Waals surface area contributed by atoms with Gasteiger partial charge >= 0.3 is 0 Å². The zero-order valence-electron chi connectivity index (χ0n) is 14.7. The molecule has 0 saturated carbocycles.